The molecule has 0 aliphatic rings. The number of hydrogen-bond acceptors (Lipinski definition) is 4. The molecule has 0 saturated heterocycles. The highest BCUT2D eigenvalue weighted by Crippen LogP contribution is 2.30. The molecule has 0 fully saturated rings. The normalized spacial score (nSPS) is 11.4. The molecule has 0 spiro atoms. The number of benzene rings is 1. The molecule has 3 N–H and O–H groups in total. The fraction of sp³-hybridized carbons (Fsp3) is 0.154. The molecule has 112 valence electrons. The van der Waals surface area contributed by atoms with E-state index in [1.165, 1.54) is 12.3 Å². The summed E-state index contributed by atoms with van der Waals surface area (Å²) >= 11 is 9.20. The van der Waals surface area contributed by atoms with Gasteiger partial charge in [-0.3, -0.25) is 4.72 Å². The molecule has 0 bridgehead atoms. The zero-order chi connectivity index (χ0) is 15.8. The van der Waals surface area contributed by atoms with Gasteiger partial charge in [-0.15, -0.1) is 0 Å². The van der Waals surface area contributed by atoms with Crippen molar-refractivity contribution in [3.63, 3.8) is 0 Å². The average Bonchev–Trinajstić information content (AvgIpc) is 2.38. The van der Waals surface area contributed by atoms with Crippen molar-refractivity contribution >= 4 is 48.9 Å². The van der Waals surface area contributed by atoms with Crippen LogP contribution in [-0.4, -0.2) is 13.4 Å². The van der Waals surface area contributed by atoms with Gasteiger partial charge in [-0.05, 0) is 43.2 Å². The van der Waals surface area contributed by atoms with Gasteiger partial charge in [0.15, 0.2) is 5.15 Å². The Balaban J connectivity index is 2.54. The third-order valence-electron chi connectivity index (χ3n) is 3.00. The number of nitrogen functional groups attached to an aromatic ring is 1. The van der Waals surface area contributed by atoms with Gasteiger partial charge in [-0.2, -0.15) is 0 Å². The number of nitrogens with one attached hydrogen (secondary N) is 1. The Kier molecular flexibility index (Phi) is 4.46. The molecule has 0 saturated carbocycles. The summed E-state index contributed by atoms with van der Waals surface area (Å²) in [6.07, 6.45) is 1.51. The first-order valence-corrected chi connectivity index (χ1v) is 8.57. The molecule has 2 aromatic rings. The number of sulfonamides is 1. The number of aromatic nitrogens is 1. The summed E-state index contributed by atoms with van der Waals surface area (Å²) in [5.41, 5.74) is 7.61. The lowest BCUT2D eigenvalue weighted by Crippen LogP contribution is -2.16. The summed E-state index contributed by atoms with van der Waals surface area (Å²) in [4.78, 5) is 3.97. The minimum Gasteiger partial charge on any atom is -0.398 e. The van der Waals surface area contributed by atoms with Crippen molar-refractivity contribution in [2.45, 2.75) is 18.7 Å². The van der Waals surface area contributed by atoms with Crippen molar-refractivity contribution < 1.29 is 8.42 Å². The number of nitrogens with zero attached hydrogens (tertiary/aromatic N) is 1. The van der Waals surface area contributed by atoms with Crippen molar-refractivity contribution in [2.75, 3.05) is 10.5 Å². The number of halogens is 2. The van der Waals surface area contributed by atoms with E-state index in [2.05, 4.69) is 25.6 Å². The van der Waals surface area contributed by atoms with Gasteiger partial charge < -0.3 is 5.73 Å². The van der Waals surface area contributed by atoms with Crippen LogP contribution in [0.5, 0.6) is 0 Å². The van der Waals surface area contributed by atoms with Crippen LogP contribution >= 0.6 is 27.5 Å². The van der Waals surface area contributed by atoms with Gasteiger partial charge in [0.05, 0.1) is 10.6 Å². The van der Waals surface area contributed by atoms with E-state index in [4.69, 9.17) is 17.3 Å². The van der Waals surface area contributed by atoms with Gasteiger partial charge in [0, 0.05) is 16.4 Å². The topological polar surface area (TPSA) is 85.1 Å². The Labute approximate surface area is 136 Å². The maximum atomic E-state index is 12.6. The van der Waals surface area contributed by atoms with E-state index >= 15 is 0 Å². The van der Waals surface area contributed by atoms with E-state index in [1.807, 2.05) is 0 Å². The van der Waals surface area contributed by atoms with E-state index in [0.29, 0.717) is 21.3 Å². The van der Waals surface area contributed by atoms with Gasteiger partial charge in [0.2, 0.25) is 0 Å². The number of pyridine rings is 1. The second kappa shape index (κ2) is 5.82. The highest BCUT2D eigenvalue weighted by molar-refractivity contribution is 9.10. The third kappa shape index (κ3) is 3.30. The molecule has 8 heteroatoms. The molecule has 1 aromatic carbocycles. The van der Waals surface area contributed by atoms with Gasteiger partial charge >= 0.3 is 0 Å². The van der Waals surface area contributed by atoms with Crippen molar-refractivity contribution in [1.29, 1.82) is 0 Å². The van der Waals surface area contributed by atoms with Gasteiger partial charge in [-0.25, -0.2) is 13.4 Å². The third-order valence-corrected chi connectivity index (χ3v) is 5.22. The van der Waals surface area contributed by atoms with Crippen LogP contribution in [0.4, 0.5) is 11.4 Å². The quantitative estimate of drug-likeness (QED) is 0.620. The molecule has 0 aliphatic carbocycles. The Morgan fingerprint density at radius 2 is 2.00 bits per heavy atom. The van der Waals surface area contributed by atoms with Crippen LogP contribution in [0.25, 0.3) is 0 Å². The first-order valence-electron chi connectivity index (χ1n) is 5.92. The van der Waals surface area contributed by atoms with Crippen LogP contribution < -0.4 is 10.5 Å². The summed E-state index contributed by atoms with van der Waals surface area (Å²) in [7, 11) is -3.82. The van der Waals surface area contributed by atoms with Crippen molar-refractivity contribution in [3.05, 3.63) is 45.1 Å². The van der Waals surface area contributed by atoms with Gasteiger partial charge in [0.1, 0.15) is 0 Å². The molecular formula is C13H13BrClN3O2S. The zero-order valence-corrected chi connectivity index (χ0v) is 14.5. The lowest BCUT2D eigenvalue weighted by Gasteiger charge is -2.14. The molecule has 5 nitrogen and oxygen atoms in total. The predicted molar refractivity (Wildman–Crippen MR) is 88.1 cm³/mol. The second-order valence-corrected chi connectivity index (χ2v) is 7.44. The minimum atomic E-state index is -3.82. The lowest BCUT2D eigenvalue weighted by molar-refractivity contribution is 0.600. The zero-order valence-electron chi connectivity index (χ0n) is 11.3. The van der Waals surface area contributed by atoms with Gasteiger partial charge in [-0.1, -0.05) is 27.5 Å². The molecule has 1 heterocycles. The second-order valence-electron chi connectivity index (χ2n) is 4.52. The minimum absolute atomic E-state index is 0.0914. The Bertz CT molecular complexity index is 789. The maximum absolute atomic E-state index is 12.6. The Morgan fingerprint density at radius 3 is 2.62 bits per heavy atom. The summed E-state index contributed by atoms with van der Waals surface area (Å²) in [6, 6.07) is 4.82. The molecular weight excluding hydrogens is 378 g/mol. The molecule has 0 amide bonds. The van der Waals surface area contributed by atoms with E-state index in [9.17, 15) is 8.42 Å². The standard InChI is InChI=1S/C13H13BrClN3O2S/c1-7-3-4-17-13(15)12(7)18-21(19,20)11-6-9(14)5-10(16)8(11)2/h3-6,18H,16H2,1-2H3. The predicted octanol–water partition coefficient (Wildman–Crippen LogP) is 3.50. The highest BCUT2D eigenvalue weighted by atomic mass is 79.9. The first kappa shape index (κ1) is 16.1. The number of hydrogen-bond donors (Lipinski definition) is 2. The molecule has 0 radical (unpaired) electrons. The van der Waals surface area contributed by atoms with Crippen LogP contribution in [0, 0.1) is 13.8 Å². The van der Waals surface area contributed by atoms with Crippen molar-refractivity contribution in [3.8, 4) is 0 Å². The van der Waals surface area contributed by atoms with E-state index in [0.717, 1.165) is 0 Å². The van der Waals surface area contributed by atoms with E-state index in [-0.39, 0.29) is 15.7 Å². The fourth-order valence-corrected chi connectivity index (χ4v) is 4.17. The number of anilines is 2. The largest absolute Gasteiger partial charge is 0.398 e. The first-order chi connectivity index (χ1) is 9.72. The fourth-order valence-electron chi connectivity index (χ4n) is 1.79. The molecule has 0 aliphatic heterocycles. The van der Waals surface area contributed by atoms with Gasteiger partial charge in [0.25, 0.3) is 10.0 Å². The van der Waals surface area contributed by atoms with E-state index in [1.54, 1.807) is 26.0 Å². The average molecular weight is 391 g/mol. The monoisotopic (exact) mass is 389 g/mol. The molecule has 0 atom stereocenters. The highest BCUT2D eigenvalue weighted by Gasteiger charge is 2.21. The molecule has 2 rings (SSSR count). The van der Waals surface area contributed by atoms with Crippen LogP contribution in [-0.2, 0) is 10.0 Å². The van der Waals surface area contributed by atoms with E-state index < -0.39 is 10.0 Å². The Hall–Kier alpha value is -1.31. The van der Waals surface area contributed by atoms with Crippen LogP contribution in [0.3, 0.4) is 0 Å². The molecule has 21 heavy (non-hydrogen) atoms. The van der Waals surface area contributed by atoms with Crippen molar-refractivity contribution in [1.82, 2.24) is 4.98 Å². The maximum Gasteiger partial charge on any atom is 0.262 e. The van der Waals surface area contributed by atoms with Crippen LogP contribution in [0.15, 0.2) is 33.8 Å². The van der Waals surface area contributed by atoms with Crippen LogP contribution in [0.1, 0.15) is 11.1 Å². The number of nitrogens with two attached hydrogens (primary N) is 1. The summed E-state index contributed by atoms with van der Waals surface area (Å²) in [5, 5.41) is 0.0965. The summed E-state index contributed by atoms with van der Waals surface area (Å²) in [6.45, 7) is 3.39. The number of rotatable bonds is 3. The lowest BCUT2D eigenvalue weighted by atomic mass is 10.2. The van der Waals surface area contributed by atoms with Crippen molar-refractivity contribution in [2.24, 2.45) is 0 Å². The SMILES string of the molecule is Cc1ccnc(Cl)c1NS(=O)(=O)c1cc(Br)cc(N)c1C. The molecule has 0 unspecified atom stereocenters. The molecule has 1 aromatic heterocycles. The van der Waals surface area contributed by atoms with Crippen LogP contribution in [0.2, 0.25) is 5.15 Å². The summed E-state index contributed by atoms with van der Waals surface area (Å²) < 4.78 is 28.2. The number of aryl methyl sites for hydroxylation is 1. The Morgan fingerprint density at radius 1 is 1.33 bits per heavy atom. The smallest absolute Gasteiger partial charge is 0.262 e. The summed E-state index contributed by atoms with van der Waals surface area (Å²) in [5.74, 6) is 0.